The normalized spacial score (nSPS) is 12.2. The summed E-state index contributed by atoms with van der Waals surface area (Å²) in [5, 5.41) is 11.4. The predicted molar refractivity (Wildman–Crippen MR) is 144 cm³/mol. The van der Waals surface area contributed by atoms with Gasteiger partial charge in [-0.1, -0.05) is 54.6 Å². The molecule has 0 radical (unpaired) electrons. The maximum absolute atomic E-state index is 14.1. The number of benzene rings is 3. The highest BCUT2D eigenvalue weighted by Gasteiger charge is 2.35. The van der Waals surface area contributed by atoms with Gasteiger partial charge in [-0.3, -0.25) is 14.5 Å². The Morgan fingerprint density at radius 2 is 1.76 bits per heavy atom. The van der Waals surface area contributed by atoms with Crippen molar-refractivity contribution in [1.82, 2.24) is 20.3 Å². The third kappa shape index (κ3) is 5.97. The molecule has 1 unspecified atom stereocenters. The lowest BCUT2D eigenvalue weighted by molar-refractivity contribution is -0.128. The molecular formula is C29H33N5O3. The van der Waals surface area contributed by atoms with Crippen molar-refractivity contribution in [3.05, 3.63) is 83.9 Å². The fourth-order valence-electron chi connectivity index (χ4n) is 4.23. The number of amides is 2. The fourth-order valence-corrected chi connectivity index (χ4v) is 4.23. The minimum Gasteiger partial charge on any atom is -0.497 e. The Kier molecular flexibility index (Phi) is 7.57. The Hall–Kier alpha value is -4.20. The lowest BCUT2D eigenvalue weighted by atomic mass is 9.99. The van der Waals surface area contributed by atoms with Gasteiger partial charge in [-0.15, -0.1) is 5.10 Å². The van der Waals surface area contributed by atoms with E-state index in [1.54, 1.807) is 36.1 Å². The Morgan fingerprint density at radius 1 is 1.03 bits per heavy atom. The average molecular weight is 500 g/mol. The number of hydrogen-bond acceptors (Lipinski definition) is 5. The first-order valence-corrected chi connectivity index (χ1v) is 12.4. The van der Waals surface area contributed by atoms with Gasteiger partial charge in [0.2, 0.25) is 11.8 Å². The number of aromatic nitrogens is 3. The molecule has 0 saturated carbocycles. The van der Waals surface area contributed by atoms with E-state index in [0.29, 0.717) is 22.5 Å². The largest absolute Gasteiger partial charge is 0.497 e. The average Bonchev–Trinajstić information content (AvgIpc) is 3.28. The molecular weight excluding hydrogens is 466 g/mol. The van der Waals surface area contributed by atoms with Crippen molar-refractivity contribution in [3.8, 4) is 5.75 Å². The summed E-state index contributed by atoms with van der Waals surface area (Å²) in [5.41, 5.74) is 3.34. The number of anilines is 1. The number of aryl methyl sites for hydroxylation is 1. The van der Waals surface area contributed by atoms with Gasteiger partial charge in [0.15, 0.2) is 0 Å². The number of carbonyl (C=O) groups is 2. The number of carbonyl (C=O) groups excluding carboxylic acids is 2. The van der Waals surface area contributed by atoms with E-state index < -0.39 is 11.6 Å². The molecule has 1 N–H and O–H groups in total. The third-order valence-corrected chi connectivity index (χ3v) is 6.01. The number of fused-ring (bicyclic) bond motifs is 1. The van der Waals surface area contributed by atoms with Crippen molar-refractivity contribution < 1.29 is 14.3 Å². The van der Waals surface area contributed by atoms with E-state index >= 15 is 0 Å². The molecule has 0 fully saturated rings. The molecule has 192 valence electrons. The van der Waals surface area contributed by atoms with Crippen LogP contribution in [0.15, 0.2) is 72.8 Å². The lowest BCUT2D eigenvalue weighted by Gasteiger charge is -2.34. The molecule has 0 aliphatic carbocycles. The van der Waals surface area contributed by atoms with E-state index in [0.717, 1.165) is 17.5 Å². The van der Waals surface area contributed by atoms with Crippen LogP contribution >= 0.6 is 0 Å². The van der Waals surface area contributed by atoms with Crippen LogP contribution in [0.3, 0.4) is 0 Å². The summed E-state index contributed by atoms with van der Waals surface area (Å²) < 4.78 is 7.00. The Balaban J connectivity index is 1.83. The molecule has 1 atom stereocenters. The second-order valence-electron chi connectivity index (χ2n) is 9.94. The summed E-state index contributed by atoms with van der Waals surface area (Å²) in [4.78, 5) is 29.4. The number of hydrogen-bond donors (Lipinski definition) is 1. The highest BCUT2D eigenvalue weighted by molar-refractivity contribution is 6.01. The standard InChI is InChI=1S/C29H33N5O3/c1-6-20-14-16-21(17-15-20)27(28(36)30-29(2,3)4)34(22-10-9-11-23(18-22)37-5)26(35)19-33-25-13-8-7-12-24(25)31-32-33/h7-18,27H,6,19H2,1-5H3,(H,30,36). The first kappa shape index (κ1) is 25.9. The van der Waals surface area contributed by atoms with Crippen LogP contribution in [0, 0.1) is 0 Å². The van der Waals surface area contributed by atoms with Crippen molar-refractivity contribution in [1.29, 1.82) is 0 Å². The quantitative estimate of drug-likeness (QED) is 0.380. The Bertz CT molecular complexity index is 1390. The number of nitrogens with zero attached hydrogens (tertiary/aromatic N) is 4. The van der Waals surface area contributed by atoms with Crippen LogP contribution in [-0.2, 0) is 22.6 Å². The molecule has 0 bridgehead atoms. The van der Waals surface area contributed by atoms with Gasteiger partial charge in [-0.2, -0.15) is 0 Å². The smallest absolute Gasteiger partial charge is 0.249 e. The second kappa shape index (κ2) is 10.8. The van der Waals surface area contributed by atoms with E-state index in [1.165, 1.54) is 4.90 Å². The van der Waals surface area contributed by atoms with Gasteiger partial charge in [-0.05, 0) is 62.6 Å². The molecule has 8 nitrogen and oxygen atoms in total. The highest BCUT2D eigenvalue weighted by Crippen LogP contribution is 2.31. The van der Waals surface area contributed by atoms with Crippen LogP contribution in [0.4, 0.5) is 5.69 Å². The monoisotopic (exact) mass is 499 g/mol. The second-order valence-corrected chi connectivity index (χ2v) is 9.94. The van der Waals surface area contributed by atoms with Crippen molar-refractivity contribution in [3.63, 3.8) is 0 Å². The van der Waals surface area contributed by atoms with E-state index in [-0.39, 0.29) is 18.4 Å². The van der Waals surface area contributed by atoms with Crippen LogP contribution in [0.1, 0.15) is 44.9 Å². The SMILES string of the molecule is CCc1ccc(C(C(=O)NC(C)(C)C)N(C(=O)Cn2nnc3ccccc32)c2cccc(OC)c2)cc1. The van der Waals surface area contributed by atoms with Crippen LogP contribution in [0.2, 0.25) is 0 Å². The maximum atomic E-state index is 14.1. The predicted octanol–water partition coefficient (Wildman–Crippen LogP) is 4.69. The van der Waals surface area contributed by atoms with Gasteiger partial charge < -0.3 is 10.1 Å². The highest BCUT2D eigenvalue weighted by atomic mass is 16.5. The Labute approximate surface area is 217 Å². The van der Waals surface area contributed by atoms with Crippen molar-refractivity contribution in [2.45, 2.75) is 52.2 Å². The molecule has 1 heterocycles. The molecule has 3 aromatic carbocycles. The van der Waals surface area contributed by atoms with E-state index in [4.69, 9.17) is 4.74 Å². The van der Waals surface area contributed by atoms with Gasteiger partial charge >= 0.3 is 0 Å². The summed E-state index contributed by atoms with van der Waals surface area (Å²) >= 11 is 0. The molecule has 8 heteroatoms. The number of nitrogens with one attached hydrogen (secondary N) is 1. The number of rotatable bonds is 8. The molecule has 4 aromatic rings. The van der Waals surface area contributed by atoms with Crippen molar-refractivity contribution in [2.24, 2.45) is 0 Å². The zero-order valence-electron chi connectivity index (χ0n) is 21.9. The van der Waals surface area contributed by atoms with E-state index in [9.17, 15) is 9.59 Å². The zero-order chi connectivity index (χ0) is 26.6. The van der Waals surface area contributed by atoms with Crippen LogP contribution < -0.4 is 15.0 Å². The molecule has 0 saturated heterocycles. The molecule has 0 spiro atoms. The summed E-state index contributed by atoms with van der Waals surface area (Å²) in [6, 6.07) is 21.5. The van der Waals surface area contributed by atoms with Gasteiger partial charge in [0.05, 0.1) is 12.6 Å². The topological polar surface area (TPSA) is 89.4 Å². The Morgan fingerprint density at radius 3 is 2.43 bits per heavy atom. The molecule has 0 aliphatic rings. The number of methoxy groups -OCH3 is 1. The fraction of sp³-hybridized carbons (Fsp3) is 0.310. The van der Waals surface area contributed by atoms with Gasteiger partial charge in [-0.25, -0.2) is 4.68 Å². The summed E-state index contributed by atoms with van der Waals surface area (Å²) in [5.74, 6) is -0.00767. The van der Waals surface area contributed by atoms with E-state index in [2.05, 4.69) is 22.6 Å². The van der Waals surface area contributed by atoms with Crippen LogP contribution in [-0.4, -0.2) is 39.5 Å². The summed E-state index contributed by atoms with van der Waals surface area (Å²) in [6.45, 7) is 7.74. The van der Waals surface area contributed by atoms with Gasteiger partial charge in [0.1, 0.15) is 23.9 Å². The summed E-state index contributed by atoms with van der Waals surface area (Å²) in [7, 11) is 1.57. The third-order valence-electron chi connectivity index (χ3n) is 6.01. The van der Waals surface area contributed by atoms with Crippen molar-refractivity contribution >= 4 is 28.5 Å². The minimum atomic E-state index is -0.917. The molecule has 4 rings (SSSR count). The van der Waals surface area contributed by atoms with Crippen LogP contribution in [0.25, 0.3) is 11.0 Å². The number of para-hydroxylation sites is 1. The number of ether oxygens (including phenoxy) is 1. The first-order chi connectivity index (χ1) is 17.7. The van der Waals surface area contributed by atoms with Crippen LogP contribution in [0.5, 0.6) is 5.75 Å². The van der Waals surface area contributed by atoms with Gasteiger partial charge in [0.25, 0.3) is 0 Å². The minimum absolute atomic E-state index is 0.0932. The van der Waals surface area contributed by atoms with E-state index in [1.807, 2.05) is 69.3 Å². The zero-order valence-corrected chi connectivity index (χ0v) is 21.9. The first-order valence-electron chi connectivity index (χ1n) is 12.4. The molecule has 0 aliphatic heterocycles. The molecule has 37 heavy (non-hydrogen) atoms. The lowest BCUT2D eigenvalue weighted by Crippen LogP contribution is -2.50. The molecule has 2 amide bonds. The summed E-state index contributed by atoms with van der Waals surface area (Å²) in [6.07, 6.45) is 0.872. The van der Waals surface area contributed by atoms with Crippen molar-refractivity contribution in [2.75, 3.05) is 12.0 Å². The molecule has 1 aromatic heterocycles. The maximum Gasteiger partial charge on any atom is 0.249 e. The van der Waals surface area contributed by atoms with Gasteiger partial charge in [0, 0.05) is 17.3 Å².